The van der Waals surface area contributed by atoms with E-state index in [4.69, 9.17) is 20.2 Å². The van der Waals surface area contributed by atoms with Crippen molar-refractivity contribution in [1.29, 1.82) is 0 Å². The zero-order chi connectivity index (χ0) is 7.30. The SMILES string of the molecule is O[C@@H]1[C@@H](O)[C@@H]2O[O+]2C[C@H]1O. The molecule has 0 aromatic heterocycles. The summed E-state index contributed by atoms with van der Waals surface area (Å²) < 4.78 is 2.18. The third-order valence-corrected chi connectivity index (χ3v) is 1.80. The Morgan fingerprint density at radius 2 is 1.90 bits per heavy atom. The Morgan fingerprint density at radius 3 is 2.60 bits per heavy atom. The molecule has 58 valence electrons. The zero-order valence-corrected chi connectivity index (χ0v) is 5.17. The summed E-state index contributed by atoms with van der Waals surface area (Å²) in [6, 6.07) is 0. The lowest BCUT2D eigenvalue weighted by Gasteiger charge is -2.19. The van der Waals surface area contributed by atoms with Gasteiger partial charge in [-0.25, -0.2) is 0 Å². The molecule has 2 fully saturated rings. The van der Waals surface area contributed by atoms with Crippen LogP contribution < -0.4 is 0 Å². The number of aliphatic hydroxyl groups excluding tert-OH is 3. The molecule has 0 saturated carbocycles. The highest BCUT2D eigenvalue weighted by Crippen LogP contribution is 2.36. The molecule has 0 radical (unpaired) electrons. The number of fused-ring (bicyclic) bond motifs is 1. The van der Waals surface area contributed by atoms with Crippen LogP contribution in [0.15, 0.2) is 0 Å². The van der Waals surface area contributed by atoms with Crippen molar-refractivity contribution in [1.82, 2.24) is 0 Å². The van der Waals surface area contributed by atoms with Crippen molar-refractivity contribution >= 4 is 0 Å². The Hall–Kier alpha value is -0.200. The van der Waals surface area contributed by atoms with Gasteiger partial charge in [-0.3, -0.25) is 0 Å². The highest BCUT2D eigenvalue weighted by molar-refractivity contribution is 4.86. The maximum atomic E-state index is 9.06. The van der Waals surface area contributed by atoms with E-state index in [2.05, 4.69) is 4.52 Å². The van der Waals surface area contributed by atoms with E-state index >= 15 is 0 Å². The maximum Gasteiger partial charge on any atom is 0.399 e. The van der Waals surface area contributed by atoms with Gasteiger partial charge in [0.1, 0.15) is 6.10 Å². The fourth-order valence-electron chi connectivity index (χ4n) is 1.10. The predicted octanol–water partition coefficient (Wildman–Crippen LogP) is -2.09. The number of rotatable bonds is 0. The molecule has 2 saturated heterocycles. The van der Waals surface area contributed by atoms with Gasteiger partial charge in [0, 0.05) is 0 Å². The molecule has 4 atom stereocenters. The molecule has 5 nitrogen and oxygen atoms in total. The molecule has 0 spiro atoms. The summed E-state index contributed by atoms with van der Waals surface area (Å²) in [7, 11) is 0. The summed E-state index contributed by atoms with van der Waals surface area (Å²) in [4.78, 5) is 4.71. The summed E-state index contributed by atoms with van der Waals surface area (Å²) in [6.45, 7) is 0.197. The molecule has 2 rings (SSSR count). The van der Waals surface area contributed by atoms with Gasteiger partial charge in [-0.1, -0.05) is 0 Å². The van der Waals surface area contributed by atoms with E-state index in [9.17, 15) is 0 Å². The molecule has 2 heterocycles. The minimum atomic E-state index is -1.09. The molecule has 5 heteroatoms. The summed E-state index contributed by atoms with van der Waals surface area (Å²) >= 11 is 0. The molecule has 0 aliphatic carbocycles. The van der Waals surface area contributed by atoms with Crippen LogP contribution in [0.2, 0.25) is 0 Å². The number of hydrogen-bond donors (Lipinski definition) is 3. The van der Waals surface area contributed by atoms with E-state index in [-0.39, 0.29) is 6.61 Å². The van der Waals surface area contributed by atoms with Crippen molar-refractivity contribution in [2.75, 3.05) is 6.61 Å². The van der Waals surface area contributed by atoms with Gasteiger partial charge in [0.2, 0.25) is 6.61 Å². The predicted molar refractivity (Wildman–Crippen MR) is 28.8 cm³/mol. The van der Waals surface area contributed by atoms with Crippen molar-refractivity contribution in [3.05, 3.63) is 0 Å². The molecule has 0 unspecified atom stereocenters. The minimum Gasteiger partial charge on any atom is -0.387 e. The van der Waals surface area contributed by atoms with Crippen molar-refractivity contribution in [2.45, 2.75) is 24.6 Å². The fraction of sp³-hybridized carbons (Fsp3) is 1.00. The van der Waals surface area contributed by atoms with Crippen LogP contribution in [0.3, 0.4) is 0 Å². The van der Waals surface area contributed by atoms with Crippen molar-refractivity contribution in [3.63, 3.8) is 0 Å². The largest absolute Gasteiger partial charge is 0.399 e. The van der Waals surface area contributed by atoms with Crippen LogP contribution in [0, 0.1) is 0 Å². The number of aliphatic hydroxyl groups is 3. The Kier molecular flexibility index (Phi) is 1.23. The zero-order valence-electron chi connectivity index (χ0n) is 5.17. The summed E-state index contributed by atoms with van der Waals surface area (Å²) in [5.74, 6) is 0. The average Bonchev–Trinajstić information content (AvgIpc) is 2.62. The van der Waals surface area contributed by atoms with Crippen LogP contribution >= 0.6 is 0 Å². The van der Waals surface area contributed by atoms with Crippen molar-refractivity contribution in [3.8, 4) is 0 Å². The fourth-order valence-corrected chi connectivity index (χ4v) is 1.10. The number of hydrogen-bond acceptors (Lipinski definition) is 4. The minimum absolute atomic E-state index is 0.197. The third-order valence-electron chi connectivity index (χ3n) is 1.80. The molecular weight excluding hydrogens is 140 g/mol. The lowest BCUT2D eigenvalue weighted by molar-refractivity contribution is -0.219. The second-order valence-corrected chi connectivity index (χ2v) is 2.56. The summed E-state index contributed by atoms with van der Waals surface area (Å²) in [5.41, 5.74) is 0. The molecule has 0 aromatic rings. The van der Waals surface area contributed by atoms with Crippen LogP contribution in [-0.4, -0.2) is 46.5 Å². The third kappa shape index (κ3) is 0.759. The average molecular weight is 149 g/mol. The molecule has 0 bridgehead atoms. The first-order valence-corrected chi connectivity index (χ1v) is 3.11. The van der Waals surface area contributed by atoms with Gasteiger partial charge in [-0.15, -0.1) is 0 Å². The van der Waals surface area contributed by atoms with Gasteiger partial charge < -0.3 is 15.3 Å². The van der Waals surface area contributed by atoms with Crippen molar-refractivity contribution < 1.29 is 24.7 Å². The highest BCUT2D eigenvalue weighted by atomic mass is 17.5. The van der Waals surface area contributed by atoms with Gasteiger partial charge >= 0.3 is 6.29 Å². The highest BCUT2D eigenvalue weighted by Gasteiger charge is 2.63. The lowest BCUT2D eigenvalue weighted by atomic mass is 10.1. The van der Waals surface area contributed by atoms with Gasteiger partial charge in [0.25, 0.3) is 0 Å². The summed E-state index contributed by atoms with van der Waals surface area (Å²) in [6.07, 6.45) is -3.50. The van der Waals surface area contributed by atoms with Crippen LogP contribution in [0.25, 0.3) is 0 Å². The van der Waals surface area contributed by atoms with E-state index in [0.29, 0.717) is 0 Å². The molecular formula is C5H9O5+. The lowest BCUT2D eigenvalue weighted by Crippen LogP contribution is -2.47. The van der Waals surface area contributed by atoms with Gasteiger partial charge in [-0.05, 0) is 4.89 Å². The second kappa shape index (κ2) is 1.90. The molecule has 2 aliphatic heterocycles. The molecule has 0 amide bonds. The second-order valence-electron chi connectivity index (χ2n) is 2.56. The van der Waals surface area contributed by atoms with Crippen LogP contribution in [0.1, 0.15) is 0 Å². The normalized spacial score (nSPS) is 54.3. The Bertz CT molecular complexity index is 147. The van der Waals surface area contributed by atoms with Gasteiger partial charge in [0.15, 0.2) is 12.2 Å². The van der Waals surface area contributed by atoms with E-state index in [1.807, 2.05) is 0 Å². The van der Waals surface area contributed by atoms with Crippen LogP contribution in [-0.2, 0) is 9.41 Å². The first kappa shape index (κ1) is 6.51. The van der Waals surface area contributed by atoms with E-state index < -0.39 is 24.6 Å². The molecule has 0 aromatic carbocycles. The topological polar surface area (TPSA) is 75.9 Å². The first-order chi connectivity index (χ1) is 4.70. The maximum absolute atomic E-state index is 9.06. The van der Waals surface area contributed by atoms with Crippen LogP contribution in [0.4, 0.5) is 0 Å². The summed E-state index contributed by atoms with van der Waals surface area (Å²) in [5, 5.41) is 27.1. The quantitative estimate of drug-likeness (QED) is 0.209. The molecule has 3 N–H and O–H groups in total. The Balaban J connectivity index is 2.07. The molecule has 10 heavy (non-hydrogen) atoms. The smallest absolute Gasteiger partial charge is 0.387 e. The molecule has 2 aliphatic rings. The van der Waals surface area contributed by atoms with Crippen LogP contribution in [0.5, 0.6) is 0 Å². The first-order valence-electron chi connectivity index (χ1n) is 3.11. The van der Waals surface area contributed by atoms with Crippen molar-refractivity contribution in [2.24, 2.45) is 0 Å². The van der Waals surface area contributed by atoms with Gasteiger partial charge in [0.05, 0.1) is 0 Å². The Morgan fingerprint density at radius 1 is 1.20 bits per heavy atom. The van der Waals surface area contributed by atoms with Gasteiger partial charge in [-0.2, -0.15) is 4.52 Å². The monoisotopic (exact) mass is 149 g/mol. The van der Waals surface area contributed by atoms with E-state index in [1.54, 1.807) is 0 Å². The van der Waals surface area contributed by atoms with E-state index in [0.717, 1.165) is 0 Å². The van der Waals surface area contributed by atoms with E-state index in [1.165, 1.54) is 0 Å². The Labute approximate surface area is 57.0 Å². The standard InChI is InChI=1S/C5H9O5/c6-2-1-10-5(9-10)4(8)3(2)7/h2-8H,1H2/q+1/t2-,3+,4-,5-/m1/s1.